The summed E-state index contributed by atoms with van der Waals surface area (Å²) >= 11 is 0. The van der Waals surface area contributed by atoms with Crippen molar-refractivity contribution in [2.75, 3.05) is 12.0 Å². The lowest BCUT2D eigenvalue weighted by Crippen LogP contribution is -2.52. The summed E-state index contributed by atoms with van der Waals surface area (Å²) in [5.41, 5.74) is 1.23. The van der Waals surface area contributed by atoms with Crippen molar-refractivity contribution < 1.29 is 9.53 Å². The number of fused-ring (bicyclic) bond motifs is 2. The van der Waals surface area contributed by atoms with Gasteiger partial charge in [0.2, 0.25) is 0 Å². The Morgan fingerprint density at radius 1 is 1.11 bits per heavy atom. The average molecular weight is 245 g/mol. The van der Waals surface area contributed by atoms with Crippen molar-refractivity contribution in [2.24, 2.45) is 0 Å². The summed E-state index contributed by atoms with van der Waals surface area (Å²) < 4.78 is 5.19. The summed E-state index contributed by atoms with van der Waals surface area (Å²) in [7, 11) is 1.68. The lowest BCUT2D eigenvalue weighted by molar-refractivity contribution is -0.121. The molecule has 0 spiro atoms. The molecule has 2 aliphatic rings. The third kappa shape index (κ3) is 1.98. The van der Waals surface area contributed by atoms with E-state index in [2.05, 4.69) is 17.0 Å². The van der Waals surface area contributed by atoms with E-state index in [4.69, 9.17) is 4.74 Å². The first-order valence-electron chi connectivity index (χ1n) is 6.72. The third-order valence-corrected chi connectivity index (χ3v) is 4.16. The van der Waals surface area contributed by atoms with Crippen LogP contribution in [-0.2, 0) is 4.79 Å². The van der Waals surface area contributed by atoms with Gasteiger partial charge in [-0.15, -0.1) is 0 Å². The fraction of sp³-hybridized carbons (Fsp3) is 0.533. The lowest BCUT2D eigenvalue weighted by atomic mass is 9.83. The van der Waals surface area contributed by atoms with E-state index < -0.39 is 0 Å². The second-order valence-corrected chi connectivity index (χ2v) is 5.29. The molecule has 0 saturated carbocycles. The predicted molar refractivity (Wildman–Crippen MR) is 71.1 cm³/mol. The highest BCUT2D eigenvalue weighted by Crippen LogP contribution is 2.36. The van der Waals surface area contributed by atoms with Gasteiger partial charge in [0.15, 0.2) is 0 Å². The summed E-state index contributed by atoms with van der Waals surface area (Å²) in [5, 5.41) is 0. The maximum atomic E-state index is 11.7. The van der Waals surface area contributed by atoms with E-state index in [9.17, 15) is 4.79 Å². The Bertz CT molecular complexity index is 424. The molecule has 2 aliphatic heterocycles. The van der Waals surface area contributed by atoms with Crippen molar-refractivity contribution in [3.05, 3.63) is 24.3 Å². The van der Waals surface area contributed by atoms with Crippen LogP contribution in [0.25, 0.3) is 0 Å². The van der Waals surface area contributed by atoms with Crippen molar-refractivity contribution in [3.8, 4) is 5.75 Å². The van der Waals surface area contributed by atoms with E-state index in [1.807, 2.05) is 12.1 Å². The Balaban J connectivity index is 1.87. The quantitative estimate of drug-likeness (QED) is 0.802. The smallest absolute Gasteiger partial charge is 0.137 e. The molecular formula is C15H19NO2. The number of benzene rings is 1. The highest BCUT2D eigenvalue weighted by atomic mass is 16.5. The van der Waals surface area contributed by atoms with Crippen LogP contribution in [0, 0.1) is 0 Å². The first-order valence-corrected chi connectivity index (χ1v) is 6.72. The molecule has 2 unspecified atom stereocenters. The summed E-state index contributed by atoms with van der Waals surface area (Å²) in [5.74, 6) is 1.33. The minimum absolute atomic E-state index is 0.415. The Labute approximate surface area is 108 Å². The topological polar surface area (TPSA) is 29.5 Å². The number of carbonyl (C=O) groups excluding carboxylic acids is 1. The molecule has 2 bridgehead atoms. The second-order valence-electron chi connectivity index (χ2n) is 5.29. The van der Waals surface area contributed by atoms with Gasteiger partial charge >= 0.3 is 0 Å². The molecule has 2 atom stereocenters. The molecule has 1 aromatic rings. The number of methoxy groups -OCH3 is 1. The van der Waals surface area contributed by atoms with E-state index in [1.165, 1.54) is 12.1 Å². The number of rotatable bonds is 2. The molecule has 3 heteroatoms. The average Bonchev–Trinajstić information content (AvgIpc) is 2.38. The van der Waals surface area contributed by atoms with Crippen LogP contribution >= 0.6 is 0 Å². The molecule has 1 aromatic carbocycles. The number of Topliss-reactive ketones (excluding diaryl/α,β-unsaturated/α-hetero) is 1. The van der Waals surface area contributed by atoms with Crippen LogP contribution < -0.4 is 9.64 Å². The Morgan fingerprint density at radius 2 is 1.72 bits per heavy atom. The van der Waals surface area contributed by atoms with E-state index in [0.29, 0.717) is 17.9 Å². The van der Waals surface area contributed by atoms with Crippen LogP contribution in [0.2, 0.25) is 0 Å². The number of hydrogen-bond acceptors (Lipinski definition) is 3. The van der Waals surface area contributed by atoms with Gasteiger partial charge in [-0.2, -0.15) is 0 Å². The number of piperidine rings is 2. The Morgan fingerprint density at radius 3 is 2.28 bits per heavy atom. The molecule has 0 amide bonds. The minimum atomic E-state index is 0.415. The minimum Gasteiger partial charge on any atom is -0.497 e. The number of ether oxygens (including phenoxy) is 1. The van der Waals surface area contributed by atoms with Crippen molar-refractivity contribution in [2.45, 2.75) is 44.2 Å². The largest absolute Gasteiger partial charge is 0.497 e. The maximum Gasteiger partial charge on any atom is 0.137 e. The standard InChI is InChI=1S/C15H19NO2/c1-18-15-7-5-11(6-8-15)16-12-3-2-4-13(16)10-14(17)9-12/h5-8,12-13H,2-4,9-10H2,1H3. The van der Waals surface area contributed by atoms with Gasteiger partial charge in [0, 0.05) is 30.6 Å². The second kappa shape index (κ2) is 4.63. The van der Waals surface area contributed by atoms with E-state index in [-0.39, 0.29) is 0 Å². The maximum absolute atomic E-state index is 11.7. The zero-order chi connectivity index (χ0) is 12.5. The SMILES string of the molecule is COc1ccc(N2C3CCCC2CC(=O)C3)cc1. The normalized spacial score (nSPS) is 27.2. The van der Waals surface area contributed by atoms with E-state index in [1.54, 1.807) is 7.11 Å². The summed E-state index contributed by atoms with van der Waals surface area (Å²) in [6, 6.07) is 9.06. The molecule has 2 heterocycles. The van der Waals surface area contributed by atoms with Crippen molar-refractivity contribution in [1.29, 1.82) is 0 Å². The highest BCUT2D eigenvalue weighted by Gasteiger charge is 2.37. The highest BCUT2D eigenvalue weighted by molar-refractivity contribution is 5.82. The molecule has 0 radical (unpaired) electrons. The predicted octanol–water partition coefficient (Wildman–Crippen LogP) is 2.79. The molecule has 0 aliphatic carbocycles. The summed E-state index contributed by atoms with van der Waals surface area (Å²) in [6.45, 7) is 0. The van der Waals surface area contributed by atoms with Crippen LogP contribution in [0.4, 0.5) is 5.69 Å². The van der Waals surface area contributed by atoms with E-state index in [0.717, 1.165) is 31.4 Å². The zero-order valence-electron chi connectivity index (χ0n) is 10.8. The van der Waals surface area contributed by atoms with Crippen LogP contribution in [0.3, 0.4) is 0 Å². The van der Waals surface area contributed by atoms with Gasteiger partial charge in [0.1, 0.15) is 11.5 Å². The number of ketones is 1. The number of hydrogen-bond donors (Lipinski definition) is 0. The van der Waals surface area contributed by atoms with Gasteiger partial charge in [-0.25, -0.2) is 0 Å². The fourth-order valence-electron chi connectivity index (χ4n) is 3.35. The molecular weight excluding hydrogens is 226 g/mol. The van der Waals surface area contributed by atoms with Gasteiger partial charge in [0.05, 0.1) is 7.11 Å². The molecule has 3 nitrogen and oxygen atoms in total. The van der Waals surface area contributed by atoms with Crippen molar-refractivity contribution >= 4 is 11.5 Å². The first-order chi connectivity index (χ1) is 8.78. The third-order valence-electron chi connectivity index (χ3n) is 4.16. The summed E-state index contributed by atoms with van der Waals surface area (Å²) in [4.78, 5) is 14.2. The number of anilines is 1. The van der Waals surface area contributed by atoms with Gasteiger partial charge < -0.3 is 9.64 Å². The van der Waals surface area contributed by atoms with Gasteiger partial charge in [-0.1, -0.05) is 0 Å². The molecule has 96 valence electrons. The van der Waals surface area contributed by atoms with Gasteiger partial charge in [0.25, 0.3) is 0 Å². The van der Waals surface area contributed by atoms with E-state index >= 15 is 0 Å². The monoisotopic (exact) mass is 245 g/mol. The van der Waals surface area contributed by atoms with Gasteiger partial charge in [-0.3, -0.25) is 4.79 Å². The van der Waals surface area contributed by atoms with Crippen molar-refractivity contribution in [3.63, 3.8) is 0 Å². The molecule has 18 heavy (non-hydrogen) atoms. The van der Waals surface area contributed by atoms with Crippen LogP contribution in [0.5, 0.6) is 5.75 Å². The molecule has 2 fully saturated rings. The molecule has 2 saturated heterocycles. The summed E-state index contributed by atoms with van der Waals surface area (Å²) in [6.07, 6.45) is 5.00. The first kappa shape index (κ1) is 11.6. The lowest BCUT2D eigenvalue weighted by Gasteiger charge is -2.47. The number of carbonyl (C=O) groups is 1. The number of nitrogens with zero attached hydrogens (tertiary/aromatic N) is 1. The Kier molecular flexibility index (Phi) is 2.98. The van der Waals surface area contributed by atoms with Crippen molar-refractivity contribution in [1.82, 2.24) is 0 Å². The van der Waals surface area contributed by atoms with Crippen LogP contribution in [0.15, 0.2) is 24.3 Å². The van der Waals surface area contributed by atoms with Gasteiger partial charge in [-0.05, 0) is 43.5 Å². The zero-order valence-corrected chi connectivity index (χ0v) is 10.8. The molecule has 0 N–H and O–H groups in total. The Hall–Kier alpha value is -1.51. The fourth-order valence-corrected chi connectivity index (χ4v) is 3.35. The molecule has 3 rings (SSSR count). The molecule has 0 aromatic heterocycles. The van der Waals surface area contributed by atoms with Crippen LogP contribution in [-0.4, -0.2) is 25.0 Å². The van der Waals surface area contributed by atoms with Crippen LogP contribution in [0.1, 0.15) is 32.1 Å².